The number of carbonyl (C=O) groups excluding carboxylic acids is 1. The standard InChI is InChI=1S/C7H7Br.C4H7NO.K.H/c1-6-2-4-7(8)5-3-6;1-3(2)4(5)6;;/h2-5H,1H3;1H2,2H3,(H2,5,6);;/q;;+1;-1. The number of primary amides is 1. The molecule has 0 aliphatic heterocycles. The van der Waals surface area contributed by atoms with Crippen LogP contribution in [0.15, 0.2) is 40.9 Å². The van der Waals surface area contributed by atoms with Gasteiger partial charge in [-0.15, -0.1) is 0 Å². The largest absolute Gasteiger partial charge is 1.00 e. The molecule has 0 aromatic heterocycles. The first-order valence-electron chi connectivity index (χ1n) is 4.11. The molecule has 0 bridgehead atoms. The molecule has 0 saturated carbocycles. The van der Waals surface area contributed by atoms with Crippen LogP contribution in [0, 0.1) is 6.92 Å². The van der Waals surface area contributed by atoms with Crippen LogP contribution >= 0.6 is 15.9 Å². The van der Waals surface area contributed by atoms with E-state index in [-0.39, 0.29) is 52.8 Å². The average molecular weight is 296 g/mol. The maximum Gasteiger partial charge on any atom is 1.00 e. The molecule has 0 atom stereocenters. The Labute approximate surface area is 143 Å². The molecule has 0 radical (unpaired) electrons. The zero-order valence-corrected chi connectivity index (χ0v) is 14.1. The Balaban J connectivity index is -0.000000195. The quantitative estimate of drug-likeness (QED) is 0.572. The Morgan fingerprint density at radius 3 is 1.93 bits per heavy atom. The first-order chi connectivity index (χ1) is 6.43. The van der Waals surface area contributed by atoms with Gasteiger partial charge in [-0.1, -0.05) is 40.2 Å². The molecule has 1 amide bonds. The summed E-state index contributed by atoms with van der Waals surface area (Å²) >= 11 is 3.35. The summed E-state index contributed by atoms with van der Waals surface area (Å²) in [7, 11) is 0. The normalized spacial score (nSPS) is 7.93. The third kappa shape index (κ3) is 10.8. The monoisotopic (exact) mass is 295 g/mol. The molecule has 1 aromatic carbocycles. The molecule has 4 heteroatoms. The van der Waals surface area contributed by atoms with Crippen LogP contribution in [0.5, 0.6) is 0 Å². The van der Waals surface area contributed by atoms with Crippen LogP contribution in [0.1, 0.15) is 13.9 Å². The number of amides is 1. The van der Waals surface area contributed by atoms with E-state index >= 15 is 0 Å². The van der Waals surface area contributed by atoms with Crippen molar-refractivity contribution in [2.24, 2.45) is 5.73 Å². The molecule has 0 saturated heterocycles. The SMILES string of the molecule is C=C(C)C(N)=O.Cc1ccc(Br)cc1.[H-].[K+]. The summed E-state index contributed by atoms with van der Waals surface area (Å²) in [6.45, 7) is 6.93. The van der Waals surface area contributed by atoms with Crippen molar-refractivity contribution in [3.8, 4) is 0 Å². The van der Waals surface area contributed by atoms with Crippen molar-refractivity contribution in [3.63, 3.8) is 0 Å². The van der Waals surface area contributed by atoms with E-state index in [1.807, 2.05) is 12.1 Å². The minimum Gasteiger partial charge on any atom is -1.00 e. The first-order valence-corrected chi connectivity index (χ1v) is 4.90. The molecule has 1 aromatic rings. The molecule has 78 valence electrons. The number of halogens is 1. The van der Waals surface area contributed by atoms with Crippen molar-refractivity contribution in [2.45, 2.75) is 13.8 Å². The summed E-state index contributed by atoms with van der Waals surface area (Å²) in [5.74, 6) is -0.435. The second kappa shape index (κ2) is 9.75. The summed E-state index contributed by atoms with van der Waals surface area (Å²) in [4.78, 5) is 9.82. The maximum absolute atomic E-state index is 9.82. The van der Waals surface area contributed by atoms with Crippen LogP contribution < -0.4 is 57.1 Å². The molecule has 2 N–H and O–H groups in total. The van der Waals surface area contributed by atoms with Crippen molar-refractivity contribution >= 4 is 21.8 Å². The fourth-order valence-electron chi connectivity index (χ4n) is 0.533. The Morgan fingerprint density at radius 1 is 1.40 bits per heavy atom. The van der Waals surface area contributed by atoms with Gasteiger partial charge in [0, 0.05) is 10.0 Å². The molecule has 0 aliphatic carbocycles. The van der Waals surface area contributed by atoms with E-state index in [4.69, 9.17) is 5.73 Å². The van der Waals surface area contributed by atoms with Gasteiger partial charge < -0.3 is 7.16 Å². The van der Waals surface area contributed by atoms with Gasteiger partial charge in [0.15, 0.2) is 0 Å². The van der Waals surface area contributed by atoms with Gasteiger partial charge in [0.05, 0.1) is 0 Å². The molecule has 0 fully saturated rings. The van der Waals surface area contributed by atoms with E-state index < -0.39 is 5.91 Å². The molecular formula is C11H15BrKNO. The third-order valence-corrected chi connectivity index (χ3v) is 1.96. The zero-order valence-electron chi connectivity index (χ0n) is 10.4. The molecule has 15 heavy (non-hydrogen) atoms. The fraction of sp³-hybridized carbons (Fsp3) is 0.182. The average Bonchev–Trinajstić information content (AvgIpc) is 2.11. The van der Waals surface area contributed by atoms with Crippen LogP contribution in [0.2, 0.25) is 0 Å². The van der Waals surface area contributed by atoms with Crippen molar-refractivity contribution in [2.75, 3.05) is 0 Å². The van der Waals surface area contributed by atoms with Gasteiger partial charge in [0.25, 0.3) is 0 Å². The van der Waals surface area contributed by atoms with E-state index in [1.54, 1.807) is 6.92 Å². The maximum atomic E-state index is 9.82. The van der Waals surface area contributed by atoms with Gasteiger partial charge >= 0.3 is 51.4 Å². The molecule has 0 heterocycles. The number of hydrogen-bond donors (Lipinski definition) is 1. The fourth-order valence-corrected chi connectivity index (χ4v) is 0.798. The number of carbonyl (C=O) groups is 1. The van der Waals surface area contributed by atoms with Gasteiger partial charge in [0.2, 0.25) is 5.91 Å². The number of aryl methyl sites for hydroxylation is 1. The zero-order chi connectivity index (χ0) is 11.1. The van der Waals surface area contributed by atoms with E-state index in [9.17, 15) is 4.79 Å². The molecule has 1 rings (SSSR count). The molecule has 0 aliphatic rings. The van der Waals surface area contributed by atoms with Gasteiger partial charge in [-0.2, -0.15) is 0 Å². The van der Waals surface area contributed by atoms with Crippen molar-refractivity contribution < 1.29 is 57.6 Å². The van der Waals surface area contributed by atoms with E-state index in [2.05, 4.69) is 41.6 Å². The summed E-state index contributed by atoms with van der Waals surface area (Å²) in [5.41, 5.74) is 6.39. The van der Waals surface area contributed by atoms with Crippen molar-refractivity contribution in [3.05, 3.63) is 46.5 Å². The molecule has 2 nitrogen and oxygen atoms in total. The predicted molar refractivity (Wildman–Crippen MR) is 64.0 cm³/mol. The Kier molecular flexibility index (Phi) is 11.7. The summed E-state index contributed by atoms with van der Waals surface area (Å²) < 4.78 is 1.14. The third-order valence-electron chi connectivity index (χ3n) is 1.43. The van der Waals surface area contributed by atoms with E-state index in [0.717, 1.165) is 4.47 Å². The van der Waals surface area contributed by atoms with Crippen molar-refractivity contribution in [1.29, 1.82) is 0 Å². The van der Waals surface area contributed by atoms with Gasteiger partial charge in [-0.05, 0) is 26.0 Å². The van der Waals surface area contributed by atoms with Crippen LogP contribution in [0.3, 0.4) is 0 Å². The van der Waals surface area contributed by atoms with Gasteiger partial charge in [-0.3, -0.25) is 4.79 Å². The smallest absolute Gasteiger partial charge is 1.00 e. The van der Waals surface area contributed by atoms with Crippen LogP contribution in [-0.2, 0) is 4.79 Å². The van der Waals surface area contributed by atoms with Crippen LogP contribution in [0.4, 0.5) is 0 Å². The topological polar surface area (TPSA) is 43.1 Å². The van der Waals surface area contributed by atoms with Gasteiger partial charge in [-0.25, -0.2) is 0 Å². The predicted octanol–water partition coefficient (Wildman–Crippen LogP) is -0.0782. The molecular weight excluding hydrogens is 281 g/mol. The van der Waals surface area contributed by atoms with E-state index in [1.165, 1.54) is 5.56 Å². The van der Waals surface area contributed by atoms with E-state index in [0.29, 0.717) is 5.57 Å². The second-order valence-electron chi connectivity index (χ2n) is 2.94. The second-order valence-corrected chi connectivity index (χ2v) is 3.86. The Hall–Kier alpha value is 0.546. The van der Waals surface area contributed by atoms with Crippen LogP contribution in [-0.4, -0.2) is 5.91 Å². The van der Waals surface area contributed by atoms with Gasteiger partial charge in [0.1, 0.15) is 0 Å². The number of nitrogens with two attached hydrogens (primary N) is 1. The van der Waals surface area contributed by atoms with Crippen molar-refractivity contribution in [1.82, 2.24) is 0 Å². The minimum absolute atomic E-state index is 0. The number of hydrogen-bond acceptors (Lipinski definition) is 1. The minimum atomic E-state index is -0.435. The molecule has 0 unspecified atom stereocenters. The summed E-state index contributed by atoms with van der Waals surface area (Å²) in [6.07, 6.45) is 0. The summed E-state index contributed by atoms with van der Waals surface area (Å²) in [6, 6.07) is 8.22. The first kappa shape index (κ1) is 17.9. The van der Waals surface area contributed by atoms with Crippen LogP contribution in [0.25, 0.3) is 0 Å². The summed E-state index contributed by atoms with van der Waals surface area (Å²) in [5, 5.41) is 0. The Bertz CT molecular complexity index is 294. The Morgan fingerprint density at radius 2 is 1.73 bits per heavy atom. The molecule has 0 spiro atoms. The number of benzene rings is 1. The number of rotatable bonds is 1.